The van der Waals surface area contributed by atoms with Crippen molar-refractivity contribution >= 4 is 114 Å². The average molecular weight is 1100 g/mol. The Kier molecular flexibility index (Phi) is 18.3. The molecule has 0 nitrogen and oxygen atoms in total. The van der Waals surface area contributed by atoms with Gasteiger partial charge in [-0.25, -0.2) is 0 Å². The van der Waals surface area contributed by atoms with Gasteiger partial charge in [0, 0.05) is 0 Å². The van der Waals surface area contributed by atoms with Gasteiger partial charge in [0.2, 0.25) is 0 Å². The summed E-state index contributed by atoms with van der Waals surface area (Å²) < 4.78 is 0.0870. The molecule has 2 aliphatic carbocycles. The van der Waals surface area contributed by atoms with E-state index in [0.717, 1.165) is 37.8 Å². The van der Waals surface area contributed by atoms with Crippen molar-refractivity contribution in [3.05, 3.63) is 130 Å². The first-order valence-electron chi connectivity index (χ1n) is 22.0. The van der Waals surface area contributed by atoms with Gasteiger partial charge in [0.05, 0.1) is 0 Å². The molecule has 0 heterocycles. The number of fused-ring (bicyclic) bond motifs is 2. The van der Waals surface area contributed by atoms with Crippen molar-refractivity contribution in [2.24, 2.45) is 0 Å². The van der Waals surface area contributed by atoms with Crippen molar-refractivity contribution in [2.45, 2.75) is 122 Å². The minimum absolute atomic E-state index is 0.0435. The predicted octanol–water partition coefficient (Wildman–Crippen LogP) is 19.3. The van der Waals surface area contributed by atoms with E-state index in [4.69, 9.17) is 83.5 Å². The van der Waals surface area contributed by atoms with Crippen LogP contribution in [0.25, 0.3) is 34.4 Å². The van der Waals surface area contributed by atoms with Crippen LogP contribution < -0.4 is 0 Å². The second-order valence-electron chi connectivity index (χ2n) is 17.5. The van der Waals surface area contributed by atoms with E-state index in [9.17, 15) is 0 Å². The molecule has 0 spiro atoms. The Balaban J connectivity index is 1.38. The van der Waals surface area contributed by atoms with Crippen LogP contribution in [0.15, 0.2) is 108 Å². The maximum atomic E-state index is 9.15. The summed E-state index contributed by atoms with van der Waals surface area (Å²) in [5, 5.41) is 0. The average Bonchev–Trinajstić information content (AvgIpc) is 3.75. The van der Waals surface area contributed by atoms with Crippen molar-refractivity contribution in [1.29, 1.82) is 0 Å². The van der Waals surface area contributed by atoms with Gasteiger partial charge in [0.1, 0.15) is 0 Å². The minimum atomic E-state index is -5.12. The van der Waals surface area contributed by atoms with Gasteiger partial charge in [-0.2, -0.15) is 0 Å². The van der Waals surface area contributed by atoms with E-state index in [0.29, 0.717) is 0 Å². The van der Waals surface area contributed by atoms with Crippen LogP contribution in [0.2, 0.25) is 24.2 Å². The van der Waals surface area contributed by atoms with Crippen molar-refractivity contribution < 1.29 is 15.6 Å². The maximum absolute atomic E-state index is 9.15. The molecule has 0 saturated heterocycles. The number of benzene rings is 4. The Hall–Kier alpha value is 0.214. The van der Waals surface area contributed by atoms with E-state index in [-0.39, 0.29) is 7.25 Å². The van der Waals surface area contributed by atoms with Gasteiger partial charge in [0.25, 0.3) is 0 Å². The molecule has 0 saturated carbocycles. The third-order valence-corrected chi connectivity index (χ3v) is 67.2. The first-order chi connectivity index (χ1) is 28.6. The van der Waals surface area contributed by atoms with Gasteiger partial charge >= 0.3 is 404 Å². The molecule has 0 N–H and O–H groups in total. The Morgan fingerprint density at radius 1 is 0.450 bits per heavy atom. The van der Waals surface area contributed by atoms with Crippen LogP contribution in [0.3, 0.4) is 0 Å². The molecule has 0 radical (unpaired) electrons. The van der Waals surface area contributed by atoms with Crippen molar-refractivity contribution in [3.8, 4) is 22.3 Å². The number of unbranched alkanes of at least 4 members (excludes halogenated alkanes) is 10. The predicted molar refractivity (Wildman–Crippen MR) is 277 cm³/mol. The van der Waals surface area contributed by atoms with Crippen LogP contribution >= 0.6 is 83.5 Å². The summed E-state index contributed by atoms with van der Waals surface area (Å²) in [6, 6.07) is 34.0. The SMILES string of the molecule is CC1=Cc2c(-c3ccccc3)cccc2[CH]1[Zr]([Cl])([Cl])([CH]1C(C)=Cc2c(-c3ccccc3)cccc21)[SiH](CCCCCCCC[Si](Cl)(Cl)Cl)CCCCCCCC[Si](Cl)(Cl)Cl. The third kappa shape index (κ3) is 12.4. The molecule has 6 rings (SSSR count). The second kappa shape index (κ2) is 22.1. The monoisotopic (exact) mass is 1090 g/mol. The molecular weight excluding hydrogens is 1040 g/mol. The van der Waals surface area contributed by atoms with Gasteiger partial charge in [0.15, 0.2) is 0 Å². The van der Waals surface area contributed by atoms with Crippen LogP contribution in [0.1, 0.15) is 120 Å². The van der Waals surface area contributed by atoms with Crippen molar-refractivity contribution in [3.63, 3.8) is 0 Å². The zero-order valence-electron chi connectivity index (χ0n) is 35.0. The molecule has 12 heteroatoms. The van der Waals surface area contributed by atoms with Crippen molar-refractivity contribution in [2.75, 3.05) is 0 Å². The van der Waals surface area contributed by atoms with Crippen LogP contribution in [-0.2, 0) is 15.6 Å². The van der Waals surface area contributed by atoms with E-state index < -0.39 is 33.5 Å². The summed E-state index contributed by atoms with van der Waals surface area (Å²) in [4.78, 5) is 0. The molecule has 2 aliphatic rings. The van der Waals surface area contributed by atoms with E-state index in [1.807, 2.05) is 0 Å². The molecule has 2 atom stereocenters. The number of allylic oxidation sites excluding steroid dienone is 2. The normalized spacial score (nSPS) is 17.3. The molecule has 60 heavy (non-hydrogen) atoms. The van der Waals surface area contributed by atoms with Crippen LogP contribution in [0.5, 0.6) is 0 Å². The summed E-state index contributed by atoms with van der Waals surface area (Å²) in [6.07, 6.45) is 18.5. The molecule has 0 amide bonds. The number of rotatable bonds is 23. The van der Waals surface area contributed by atoms with Crippen LogP contribution in [-0.4, -0.2) is 17.9 Å². The number of halogens is 8. The fourth-order valence-electron chi connectivity index (χ4n) is 10.5. The van der Waals surface area contributed by atoms with Crippen LogP contribution in [0, 0.1) is 0 Å². The van der Waals surface area contributed by atoms with Gasteiger partial charge in [-0.3, -0.25) is 0 Å². The summed E-state index contributed by atoms with van der Waals surface area (Å²) in [5.41, 5.74) is 13.0. The summed E-state index contributed by atoms with van der Waals surface area (Å²) in [6.45, 7) is 4.66. The van der Waals surface area contributed by atoms with Crippen molar-refractivity contribution in [1.82, 2.24) is 0 Å². The standard InChI is InChI=1S/C16H33Cl6Si3.2C16H13.2ClH.Zr/c17-24(18,19)15-11-7-3-1-5-9-13-23-14-10-6-2-4-8-12-16-25(20,21)22;2*1-12-10-14-8-5-9-15(16(14)11-12)13-6-3-2-4-7-13;;;/h23H,1-16H2;2*2-11H,1H3;2*1H;/q;;;;;+2/p-2. The molecule has 0 fully saturated rings. The summed E-state index contributed by atoms with van der Waals surface area (Å²) >= 11 is 32.0. The third-order valence-electron chi connectivity index (χ3n) is 13.1. The molecule has 0 bridgehead atoms. The Labute approximate surface area is 399 Å². The zero-order valence-corrected chi connectivity index (χ0v) is 46.6. The Morgan fingerprint density at radius 3 is 1.17 bits per heavy atom. The molecular formula is C48H59Cl8Si3Zr. The molecule has 0 aromatic heterocycles. The molecule has 2 unspecified atom stereocenters. The molecule has 4 aromatic carbocycles. The van der Waals surface area contributed by atoms with E-state index in [1.54, 1.807) is 0 Å². The summed E-state index contributed by atoms with van der Waals surface area (Å²) in [7, 11) is 18.3. The van der Waals surface area contributed by atoms with Gasteiger partial charge in [-0.15, -0.1) is 0 Å². The first kappa shape index (κ1) is 49.6. The quantitative estimate of drug-likeness (QED) is 0.0394. The summed E-state index contributed by atoms with van der Waals surface area (Å²) in [5.74, 6) is -1.87. The fourth-order valence-corrected chi connectivity index (χ4v) is 65.7. The number of hydrogen-bond donors (Lipinski definition) is 0. The zero-order chi connectivity index (χ0) is 43.0. The first-order valence-corrected chi connectivity index (χ1v) is 48.1. The molecule has 323 valence electrons. The van der Waals surface area contributed by atoms with Gasteiger partial charge in [-0.1, -0.05) is 0 Å². The second-order valence-corrected chi connectivity index (χ2v) is 76.3. The van der Waals surface area contributed by atoms with E-state index in [1.165, 1.54) is 119 Å². The van der Waals surface area contributed by atoms with E-state index in [2.05, 4.69) is 123 Å². The Morgan fingerprint density at radius 2 is 0.800 bits per heavy atom. The molecule has 4 aromatic rings. The van der Waals surface area contributed by atoms with E-state index >= 15 is 0 Å². The van der Waals surface area contributed by atoms with Crippen LogP contribution in [0.4, 0.5) is 0 Å². The fraction of sp³-hybridized carbons (Fsp3) is 0.417. The van der Waals surface area contributed by atoms with Gasteiger partial charge < -0.3 is 0 Å². The Bertz CT molecular complexity index is 1950. The van der Waals surface area contributed by atoms with Gasteiger partial charge in [-0.05, 0) is 0 Å². The molecule has 0 aliphatic heterocycles. The number of hydrogen-bond acceptors (Lipinski definition) is 0. The topological polar surface area (TPSA) is 0 Å².